The second-order valence-corrected chi connectivity index (χ2v) is 5.02. The molecule has 0 amide bonds. The van der Waals surface area contributed by atoms with Crippen LogP contribution in [0.3, 0.4) is 0 Å². The van der Waals surface area contributed by atoms with Crippen LogP contribution in [0, 0.1) is 6.92 Å². The second kappa shape index (κ2) is 6.87. The highest BCUT2D eigenvalue weighted by Gasteiger charge is 2.07. The summed E-state index contributed by atoms with van der Waals surface area (Å²) in [5.41, 5.74) is 3.15. The van der Waals surface area contributed by atoms with E-state index in [1.165, 1.54) is 0 Å². The van der Waals surface area contributed by atoms with E-state index in [4.69, 9.17) is 4.74 Å². The smallest absolute Gasteiger partial charge is 0.223 e. The number of aromatic nitrogens is 3. The summed E-state index contributed by atoms with van der Waals surface area (Å²) in [6, 6.07) is 11.9. The number of rotatable bonds is 6. The van der Waals surface area contributed by atoms with Gasteiger partial charge in [-0.1, -0.05) is 24.3 Å². The van der Waals surface area contributed by atoms with E-state index in [1.807, 2.05) is 43.3 Å². The van der Waals surface area contributed by atoms with Gasteiger partial charge in [0.1, 0.15) is 5.75 Å². The number of benzene rings is 1. The van der Waals surface area contributed by atoms with Crippen LogP contribution in [0.15, 0.2) is 55.1 Å². The van der Waals surface area contributed by atoms with Crippen LogP contribution in [-0.2, 0) is 13.1 Å². The minimum atomic E-state index is 0.633. The zero-order chi connectivity index (χ0) is 15.2. The number of aromatic amines is 1. The van der Waals surface area contributed by atoms with Gasteiger partial charge in [-0.05, 0) is 24.6 Å². The molecule has 0 atom stereocenters. The van der Waals surface area contributed by atoms with E-state index >= 15 is 0 Å². The Labute approximate surface area is 129 Å². The summed E-state index contributed by atoms with van der Waals surface area (Å²) in [7, 11) is 0. The van der Waals surface area contributed by atoms with Crippen molar-refractivity contribution in [3.8, 4) is 11.6 Å². The quantitative estimate of drug-likeness (QED) is 0.733. The van der Waals surface area contributed by atoms with Gasteiger partial charge in [0.2, 0.25) is 5.88 Å². The standard InChI is InChI=1S/C17H18N4O/c1-13-5-2-3-7-16(13)22-17-14(6-4-8-20-17)9-18-10-15-11-19-12-21-15/h2-8,11-12,18H,9-10H2,1H3,(H,19,21). The lowest BCUT2D eigenvalue weighted by molar-refractivity contribution is 0.449. The molecule has 0 fully saturated rings. The maximum atomic E-state index is 5.96. The number of H-pyrrole nitrogens is 1. The summed E-state index contributed by atoms with van der Waals surface area (Å²) in [5.74, 6) is 1.46. The van der Waals surface area contributed by atoms with Gasteiger partial charge in [0.05, 0.1) is 6.33 Å². The normalized spacial score (nSPS) is 10.6. The van der Waals surface area contributed by atoms with Crippen LogP contribution >= 0.6 is 0 Å². The number of aryl methyl sites for hydroxylation is 1. The Kier molecular flexibility index (Phi) is 4.46. The lowest BCUT2D eigenvalue weighted by atomic mass is 10.2. The molecule has 0 aliphatic rings. The zero-order valence-corrected chi connectivity index (χ0v) is 12.4. The molecule has 3 rings (SSSR count). The third-order valence-corrected chi connectivity index (χ3v) is 3.34. The van der Waals surface area contributed by atoms with Gasteiger partial charge in [-0.15, -0.1) is 0 Å². The van der Waals surface area contributed by atoms with Crippen LogP contribution < -0.4 is 10.1 Å². The van der Waals surface area contributed by atoms with Gasteiger partial charge in [0, 0.05) is 36.7 Å². The van der Waals surface area contributed by atoms with Gasteiger partial charge in [0.25, 0.3) is 0 Å². The fraction of sp³-hybridized carbons (Fsp3) is 0.176. The molecule has 2 N–H and O–H groups in total. The third kappa shape index (κ3) is 3.51. The van der Waals surface area contributed by atoms with E-state index in [9.17, 15) is 0 Å². The molecule has 0 spiro atoms. The number of para-hydroxylation sites is 1. The first-order valence-electron chi connectivity index (χ1n) is 7.18. The van der Waals surface area contributed by atoms with E-state index in [-0.39, 0.29) is 0 Å². The number of hydrogen-bond acceptors (Lipinski definition) is 4. The molecule has 0 aliphatic heterocycles. The molecule has 0 unspecified atom stereocenters. The van der Waals surface area contributed by atoms with E-state index in [0.717, 1.165) is 29.1 Å². The van der Waals surface area contributed by atoms with Crippen LogP contribution in [0.25, 0.3) is 0 Å². The van der Waals surface area contributed by atoms with Crippen molar-refractivity contribution in [2.75, 3.05) is 0 Å². The third-order valence-electron chi connectivity index (χ3n) is 3.34. The zero-order valence-electron chi connectivity index (χ0n) is 12.4. The summed E-state index contributed by atoms with van der Waals surface area (Å²) in [5, 5.41) is 3.35. The first-order chi connectivity index (χ1) is 10.8. The van der Waals surface area contributed by atoms with Crippen molar-refractivity contribution in [1.29, 1.82) is 0 Å². The Morgan fingerprint density at radius 1 is 1.14 bits per heavy atom. The summed E-state index contributed by atoms with van der Waals surface area (Å²) < 4.78 is 5.96. The molecule has 5 nitrogen and oxygen atoms in total. The SMILES string of the molecule is Cc1ccccc1Oc1ncccc1CNCc1cnc[nH]1. The van der Waals surface area contributed by atoms with Gasteiger partial charge >= 0.3 is 0 Å². The molecule has 0 radical (unpaired) electrons. The highest BCUT2D eigenvalue weighted by Crippen LogP contribution is 2.25. The van der Waals surface area contributed by atoms with Crippen LogP contribution in [-0.4, -0.2) is 15.0 Å². The summed E-state index contributed by atoms with van der Waals surface area (Å²) in [6.07, 6.45) is 5.22. The average molecular weight is 294 g/mol. The van der Waals surface area contributed by atoms with Gasteiger partial charge in [0.15, 0.2) is 0 Å². The van der Waals surface area contributed by atoms with Gasteiger partial charge in [-0.3, -0.25) is 0 Å². The van der Waals surface area contributed by atoms with Crippen molar-refractivity contribution in [2.24, 2.45) is 0 Å². The molecule has 3 aromatic rings. The molecular formula is C17H18N4O. The lowest BCUT2D eigenvalue weighted by Gasteiger charge is -2.12. The predicted octanol–water partition coefficient (Wildman–Crippen LogP) is 3.20. The molecule has 2 heterocycles. The molecule has 0 bridgehead atoms. The van der Waals surface area contributed by atoms with Crippen LogP contribution in [0.2, 0.25) is 0 Å². The maximum absolute atomic E-state index is 5.96. The molecule has 0 aliphatic carbocycles. The second-order valence-electron chi connectivity index (χ2n) is 5.02. The highest BCUT2D eigenvalue weighted by atomic mass is 16.5. The largest absolute Gasteiger partial charge is 0.438 e. The molecule has 1 aromatic carbocycles. The van der Waals surface area contributed by atoms with E-state index in [2.05, 4.69) is 20.3 Å². The van der Waals surface area contributed by atoms with Crippen LogP contribution in [0.1, 0.15) is 16.8 Å². The van der Waals surface area contributed by atoms with Crippen molar-refractivity contribution >= 4 is 0 Å². The van der Waals surface area contributed by atoms with Gasteiger partial charge < -0.3 is 15.0 Å². The van der Waals surface area contributed by atoms with Crippen molar-refractivity contribution < 1.29 is 4.74 Å². The minimum Gasteiger partial charge on any atom is -0.438 e. The molecule has 0 saturated heterocycles. The first-order valence-corrected chi connectivity index (χ1v) is 7.18. The Morgan fingerprint density at radius 2 is 2.05 bits per heavy atom. The number of hydrogen-bond donors (Lipinski definition) is 2. The van der Waals surface area contributed by atoms with E-state index in [0.29, 0.717) is 12.4 Å². The van der Waals surface area contributed by atoms with E-state index < -0.39 is 0 Å². The number of pyridine rings is 1. The number of imidazole rings is 1. The Bertz CT molecular complexity index is 725. The Hall–Kier alpha value is -2.66. The molecule has 0 saturated carbocycles. The monoisotopic (exact) mass is 294 g/mol. The first kappa shape index (κ1) is 14.3. The Balaban J connectivity index is 1.68. The minimum absolute atomic E-state index is 0.633. The van der Waals surface area contributed by atoms with Crippen molar-refractivity contribution in [2.45, 2.75) is 20.0 Å². The van der Waals surface area contributed by atoms with Crippen LogP contribution in [0.4, 0.5) is 0 Å². The summed E-state index contributed by atoms with van der Waals surface area (Å²) >= 11 is 0. The van der Waals surface area contributed by atoms with Gasteiger partial charge in [-0.2, -0.15) is 0 Å². The van der Waals surface area contributed by atoms with Crippen molar-refractivity contribution in [1.82, 2.24) is 20.3 Å². The van der Waals surface area contributed by atoms with Crippen molar-refractivity contribution in [3.05, 3.63) is 71.9 Å². The van der Waals surface area contributed by atoms with Crippen molar-refractivity contribution in [3.63, 3.8) is 0 Å². The molecule has 112 valence electrons. The van der Waals surface area contributed by atoms with E-state index in [1.54, 1.807) is 18.7 Å². The van der Waals surface area contributed by atoms with Crippen LogP contribution in [0.5, 0.6) is 11.6 Å². The topological polar surface area (TPSA) is 62.8 Å². The molecule has 2 aromatic heterocycles. The summed E-state index contributed by atoms with van der Waals surface area (Å²) in [6.45, 7) is 3.42. The fourth-order valence-electron chi connectivity index (χ4n) is 2.14. The summed E-state index contributed by atoms with van der Waals surface area (Å²) in [4.78, 5) is 11.4. The Morgan fingerprint density at radius 3 is 2.86 bits per heavy atom. The lowest BCUT2D eigenvalue weighted by Crippen LogP contribution is -2.13. The highest BCUT2D eigenvalue weighted by molar-refractivity contribution is 5.37. The average Bonchev–Trinajstić information content (AvgIpc) is 3.04. The predicted molar refractivity (Wildman–Crippen MR) is 84.6 cm³/mol. The maximum Gasteiger partial charge on any atom is 0.223 e. The number of ether oxygens (including phenoxy) is 1. The molecular weight excluding hydrogens is 276 g/mol. The fourth-order valence-corrected chi connectivity index (χ4v) is 2.14. The molecule has 22 heavy (non-hydrogen) atoms. The number of nitrogens with one attached hydrogen (secondary N) is 2. The number of nitrogens with zero attached hydrogens (tertiary/aromatic N) is 2. The van der Waals surface area contributed by atoms with Gasteiger partial charge in [-0.25, -0.2) is 9.97 Å². The molecule has 5 heteroatoms.